The topological polar surface area (TPSA) is 116 Å². The van der Waals surface area contributed by atoms with Gasteiger partial charge in [0.2, 0.25) is 0 Å². The average molecular weight is 296 g/mol. The number of anilines is 1. The van der Waals surface area contributed by atoms with E-state index in [-0.39, 0.29) is 0 Å². The summed E-state index contributed by atoms with van der Waals surface area (Å²) >= 11 is 0. The van der Waals surface area contributed by atoms with Gasteiger partial charge in [0, 0.05) is 7.05 Å². The molecule has 0 fully saturated rings. The fourth-order valence-electron chi connectivity index (χ4n) is 1.64. The molecular formula is C13H16N2O6. The Morgan fingerprint density at radius 2 is 1.90 bits per heavy atom. The largest absolute Gasteiger partial charge is 0.495 e. The molecule has 0 bridgehead atoms. The first-order valence-corrected chi connectivity index (χ1v) is 5.98. The number of rotatable bonds is 6. The van der Waals surface area contributed by atoms with Crippen LogP contribution in [0.15, 0.2) is 24.3 Å². The Hall–Kier alpha value is -2.77. The molecule has 0 saturated carbocycles. The maximum atomic E-state index is 12.0. The van der Waals surface area contributed by atoms with Gasteiger partial charge in [-0.25, -0.2) is 9.59 Å². The Balaban J connectivity index is 2.86. The third-order valence-corrected chi connectivity index (χ3v) is 2.73. The minimum atomic E-state index is -1.51. The van der Waals surface area contributed by atoms with Crippen LogP contribution in [0.25, 0.3) is 0 Å². The minimum Gasteiger partial charge on any atom is -0.495 e. The van der Waals surface area contributed by atoms with Gasteiger partial charge in [0.25, 0.3) is 0 Å². The molecule has 8 heteroatoms. The van der Waals surface area contributed by atoms with Crippen LogP contribution in [-0.4, -0.2) is 48.4 Å². The van der Waals surface area contributed by atoms with Gasteiger partial charge < -0.3 is 20.3 Å². The second-order valence-electron chi connectivity index (χ2n) is 4.17. The first-order chi connectivity index (χ1) is 9.86. The predicted octanol–water partition coefficient (Wildman–Crippen LogP) is 0.769. The van der Waals surface area contributed by atoms with E-state index in [1.165, 1.54) is 14.2 Å². The van der Waals surface area contributed by atoms with Gasteiger partial charge >= 0.3 is 18.0 Å². The van der Waals surface area contributed by atoms with Gasteiger partial charge in [-0.05, 0) is 12.1 Å². The minimum absolute atomic E-state index is 0.428. The molecule has 1 atom stereocenters. The molecule has 0 saturated heterocycles. The second kappa shape index (κ2) is 7.13. The maximum absolute atomic E-state index is 12.0. The number of urea groups is 1. The van der Waals surface area contributed by atoms with E-state index in [1.54, 1.807) is 24.3 Å². The van der Waals surface area contributed by atoms with Gasteiger partial charge in [0.15, 0.2) is 0 Å². The van der Waals surface area contributed by atoms with Crippen molar-refractivity contribution in [3.05, 3.63) is 24.3 Å². The highest BCUT2D eigenvalue weighted by atomic mass is 16.5. The van der Waals surface area contributed by atoms with E-state index in [0.717, 1.165) is 4.90 Å². The number of aliphatic carboxylic acids is 2. The summed E-state index contributed by atoms with van der Waals surface area (Å²) in [5.41, 5.74) is 0.428. The lowest BCUT2D eigenvalue weighted by molar-refractivity contribution is -0.145. The van der Waals surface area contributed by atoms with Crippen LogP contribution in [0.3, 0.4) is 0 Å². The molecule has 1 aromatic carbocycles. The molecule has 0 unspecified atom stereocenters. The summed E-state index contributed by atoms with van der Waals surface area (Å²) < 4.78 is 5.10. The highest BCUT2D eigenvalue weighted by Crippen LogP contribution is 2.26. The van der Waals surface area contributed by atoms with E-state index in [9.17, 15) is 14.4 Å². The van der Waals surface area contributed by atoms with E-state index < -0.39 is 30.4 Å². The number of carbonyl (C=O) groups excluding carboxylic acids is 1. The molecular weight excluding hydrogens is 280 g/mol. The molecule has 0 spiro atoms. The molecule has 0 aliphatic carbocycles. The first kappa shape index (κ1) is 16.3. The number of para-hydroxylation sites is 2. The standard InChI is InChI=1S/C13H16N2O6/c1-15(9-5-3-4-6-10(9)21-2)13(20)14-8(12(18)19)7-11(16)17/h3-6,8H,7H2,1-2H3,(H,14,20)(H,16,17)(H,18,19)/t8-/m1/s1. The molecule has 114 valence electrons. The third-order valence-electron chi connectivity index (χ3n) is 2.73. The summed E-state index contributed by atoms with van der Waals surface area (Å²) in [4.78, 5) is 34.7. The van der Waals surface area contributed by atoms with E-state index in [0.29, 0.717) is 11.4 Å². The van der Waals surface area contributed by atoms with Crippen molar-refractivity contribution in [3.8, 4) is 5.75 Å². The number of hydrogen-bond donors (Lipinski definition) is 3. The molecule has 0 heterocycles. The van der Waals surface area contributed by atoms with Gasteiger partial charge in [-0.1, -0.05) is 12.1 Å². The molecule has 1 aromatic rings. The summed E-state index contributed by atoms with van der Waals surface area (Å²) in [6.07, 6.45) is -0.708. The van der Waals surface area contributed by atoms with Gasteiger partial charge in [-0.3, -0.25) is 9.69 Å². The molecule has 3 N–H and O–H groups in total. The number of nitrogens with one attached hydrogen (secondary N) is 1. The number of hydrogen-bond acceptors (Lipinski definition) is 4. The summed E-state index contributed by atoms with van der Waals surface area (Å²) in [5.74, 6) is -2.30. The van der Waals surface area contributed by atoms with E-state index in [4.69, 9.17) is 14.9 Å². The molecule has 8 nitrogen and oxygen atoms in total. The zero-order valence-electron chi connectivity index (χ0n) is 11.6. The molecule has 1 rings (SSSR count). The zero-order valence-corrected chi connectivity index (χ0v) is 11.6. The van der Waals surface area contributed by atoms with Gasteiger partial charge in [0.1, 0.15) is 11.8 Å². The predicted molar refractivity (Wildman–Crippen MR) is 73.6 cm³/mol. The zero-order chi connectivity index (χ0) is 16.0. The molecule has 0 aliphatic heterocycles. The van der Waals surface area contributed by atoms with Crippen molar-refractivity contribution in [2.24, 2.45) is 0 Å². The van der Waals surface area contributed by atoms with Crippen LogP contribution in [-0.2, 0) is 9.59 Å². The second-order valence-corrected chi connectivity index (χ2v) is 4.17. The van der Waals surface area contributed by atoms with Crippen molar-refractivity contribution in [2.45, 2.75) is 12.5 Å². The lowest BCUT2D eigenvalue weighted by Crippen LogP contribution is -2.47. The van der Waals surface area contributed by atoms with E-state index >= 15 is 0 Å². The number of carboxylic acid groups (broad SMARTS) is 2. The lowest BCUT2D eigenvalue weighted by Gasteiger charge is -2.22. The van der Waals surface area contributed by atoms with Gasteiger partial charge in [0.05, 0.1) is 19.2 Å². The Morgan fingerprint density at radius 3 is 2.43 bits per heavy atom. The van der Waals surface area contributed by atoms with Crippen LogP contribution < -0.4 is 15.0 Å². The van der Waals surface area contributed by atoms with Crippen LogP contribution in [0.4, 0.5) is 10.5 Å². The third kappa shape index (κ3) is 4.37. The number of amides is 2. The number of ether oxygens (including phenoxy) is 1. The highest BCUT2D eigenvalue weighted by Gasteiger charge is 2.25. The lowest BCUT2D eigenvalue weighted by atomic mass is 10.2. The van der Waals surface area contributed by atoms with Crippen molar-refractivity contribution < 1.29 is 29.3 Å². The Labute approximate surface area is 120 Å². The molecule has 0 aliphatic rings. The number of carboxylic acids is 2. The maximum Gasteiger partial charge on any atom is 0.326 e. The molecule has 2 amide bonds. The Morgan fingerprint density at radius 1 is 1.29 bits per heavy atom. The van der Waals surface area contributed by atoms with E-state index in [2.05, 4.69) is 5.32 Å². The van der Waals surface area contributed by atoms with Crippen molar-refractivity contribution in [1.29, 1.82) is 0 Å². The molecule has 21 heavy (non-hydrogen) atoms. The summed E-state index contributed by atoms with van der Waals surface area (Å²) in [6.45, 7) is 0. The normalized spacial score (nSPS) is 11.3. The number of benzene rings is 1. The smallest absolute Gasteiger partial charge is 0.326 e. The van der Waals surface area contributed by atoms with E-state index in [1.807, 2.05) is 0 Å². The van der Waals surface area contributed by atoms with Crippen molar-refractivity contribution >= 4 is 23.7 Å². The van der Waals surface area contributed by atoms with Crippen LogP contribution in [0.5, 0.6) is 5.75 Å². The fourth-order valence-corrected chi connectivity index (χ4v) is 1.64. The highest BCUT2D eigenvalue weighted by molar-refractivity contribution is 5.96. The summed E-state index contributed by atoms with van der Waals surface area (Å²) in [7, 11) is 2.86. The van der Waals surface area contributed by atoms with Crippen LogP contribution in [0, 0.1) is 0 Å². The monoisotopic (exact) mass is 296 g/mol. The van der Waals surface area contributed by atoms with Crippen LogP contribution >= 0.6 is 0 Å². The van der Waals surface area contributed by atoms with Crippen molar-refractivity contribution in [2.75, 3.05) is 19.1 Å². The quantitative estimate of drug-likeness (QED) is 0.714. The summed E-state index contributed by atoms with van der Waals surface area (Å²) in [5, 5.41) is 19.7. The van der Waals surface area contributed by atoms with Crippen LogP contribution in [0.2, 0.25) is 0 Å². The molecule has 0 aromatic heterocycles. The number of nitrogens with zero attached hydrogens (tertiary/aromatic N) is 1. The Kier molecular flexibility index (Phi) is 5.53. The van der Waals surface area contributed by atoms with Crippen LogP contribution in [0.1, 0.15) is 6.42 Å². The van der Waals surface area contributed by atoms with Crippen molar-refractivity contribution in [3.63, 3.8) is 0 Å². The molecule has 0 radical (unpaired) electrons. The number of methoxy groups -OCH3 is 1. The van der Waals surface area contributed by atoms with Gasteiger partial charge in [-0.15, -0.1) is 0 Å². The SMILES string of the molecule is COc1ccccc1N(C)C(=O)N[C@H](CC(=O)O)C(=O)O. The average Bonchev–Trinajstić information content (AvgIpc) is 2.45. The summed E-state index contributed by atoms with van der Waals surface area (Å²) in [6, 6.07) is 4.42. The first-order valence-electron chi connectivity index (χ1n) is 5.98. The number of carbonyl (C=O) groups is 3. The van der Waals surface area contributed by atoms with Gasteiger partial charge in [-0.2, -0.15) is 0 Å². The van der Waals surface area contributed by atoms with Crippen molar-refractivity contribution in [1.82, 2.24) is 5.32 Å². The fraction of sp³-hybridized carbons (Fsp3) is 0.308. The Bertz CT molecular complexity index is 545.